The van der Waals surface area contributed by atoms with E-state index in [1.54, 1.807) is 0 Å². The van der Waals surface area contributed by atoms with Gasteiger partial charge in [0.1, 0.15) is 5.75 Å². The molecule has 0 fully saturated rings. The lowest BCUT2D eigenvalue weighted by atomic mass is 10.0. The van der Waals surface area contributed by atoms with Crippen LogP contribution in [0.4, 0.5) is 0 Å². The van der Waals surface area contributed by atoms with Gasteiger partial charge in [0.2, 0.25) is 0 Å². The van der Waals surface area contributed by atoms with Gasteiger partial charge < -0.3 is 4.52 Å². The molecule has 3 nitrogen and oxygen atoms in total. The Balaban J connectivity index is 2.21. The summed E-state index contributed by atoms with van der Waals surface area (Å²) in [4.78, 5) is 0. The van der Waals surface area contributed by atoms with Gasteiger partial charge in [-0.25, -0.2) is 4.57 Å². The minimum absolute atomic E-state index is 0.475. The molecule has 1 rings (SSSR count). The van der Waals surface area contributed by atoms with Gasteiger partial charge in [-0.15, -0.1) is 0 Å². The molecule has 1 aromatic carbocycles. The van der Waals surface area contributed by atoms with Crippen molar-refractivity contribution in [3.63, 3.8) is 0 Å². The van der Waals surface area contributed by atoms with Gasteiger partial charge in [0.15, 0.2) is 0 Å². The van der Waals surface area contributed by atoms with E-state index in [1.165, 1.54) is 69.8 Å². The second-order valence-electron chi connectivity index (χ2n) is 9.23. The maximum atomic E-state index is 13.2. The van der Waals surface area contributed by atoms with Crippen molar-refractivity contribution in [1.82, 2.24) is 0 Å². The standard InChI is InChI=1S/C27H49O3P/c1-5-7-9-10-11-12-13-14-15-16-17-18-23-29-31(28,24-8-6-2)30-27-21-19-26(20-22-27)25(3)4/h19-22,25H,5-18,23-24H2,1-4H3. The number of benzene rings is 1. The summed E-state index contributed by atoms with van der Waals surface area (Å²) in [6.45, 7) is 9.24. The molecule has 0 N–H and O–H groups in total. The molecule has 0 aliphatic heterocycles. The molecule has 0 amide bonds. The van der Waals surface area contributed by atoms with Gasteiger partial charge in [-0.1, -0.05) is 117 Å². The number of hydrogen-bond donors (Lipinski definition) is 0. The van der Waals surface area contributed by atoms with Crippen LogP contribution in [0, 0.1) is 0 Å². The van der Waals surface area contributed by atoms with Crippen LogP contribution in [0.2, 0.25) is 0 Å². The molecule has 0 bridgehead atoms. The van der Waals surface area contributed by atoms with Crippen molar-refractivity contribution in [3.8, 4) is 5.75 Å². The third kappa shape index (κ3) is 14.1. The van der Waals surface area contributed by atoms with Crippen molar-refractivity contribution < 1.29 is 13.6 Å². The lowest BCUT2D eigenvalue weighted by Gasteiger charge is -2.19. The molecular weight excluding hydrogens is 403 g/mol. The molecule has 1 unspecified atom stereocenters. The Morgan fingerprint density at radius 3 is 1.68 bits per heavy atom. The topological polar surface area (TPSA) is 35.5 Å². The average Bonchev–Trinajstić information content (AvgIpc) is 2.76. The van der Waals surface area contributed by atoms with Gasteiger partial charge in [0, 0.05) is 0 Å². The van der Waals surface area contributed by atoms with Crippen molar-refractivity contribution >= 4 is 7.60 Å². The fourth-order valence-corrected chi connectivity index (χ4v) is 5.54. The molecule has 0 saturated carbocycles. The number of unbranched alkanes of at least 4 members (excludes halogenated alkanes) is 12. The molecule has 0 aliphatic rings. The van der Waals surface area contributed by atoms with Crippen LogP contribution in [-0.4, -0.2) is 12.8 Å². The highest BCUT2D eigenvalue weighted by atomic mass is 31.2. The van der Waals surface area contributed by atoms with E-state index in [9.17, 15) is 4.57 Å². The molecule has 31 heavy (non-hydrogen) atoms. The fraction of sp³-hybridized carbons (Fsp3) is 0.778. The van der Waals surface area contributed by atoms with Crippen LogP contribution < -0.4 is 4.52 Å². The average molecular weight is 453 g/mol. The third-order valence-electron chi connectivity index (χ3n) is 5.86. The predicted molar refractivity (Wildman–Crippen MR) is 136 cm³/mol. The zero-order chi connectivity index (χ0) is 22.8. The summed E-state index contributed by atoms with van der Waals surface area (Å²) in [7, 11) is -3.08. The first-order valence-corrected chi connectivity index (χ1v) is 14.8. The van der Waals surface area contributed by atoms with E-state index in [0.29, 0.717) is 24.4 Å². The Kier molecular flexibility index (Phi) is 16.2. The summed E-state index contributed by atoms with van der Waals surface area (Å²) in [5.74, 6) is 1.13. The van der Waals surface area contributed by atoms with E-state index < -0.39 is 7.60 Å². The molecule has 0 heterocycles. The summed E-state index contributed by atoms with van der Waals surface area (Å²) in [6.07, 6.45) is 18.1. The van der Waals surface area contributed by atoms with Gasteiger partial charge in [0.25, 0.3) is 0 Å². The van der Waals surface area contributed by atoms with E-state index in [1.807, 2.05) is 12.1 Å². The SMILES string of the molecule is CCCCCCCCCCCCCCOP(=O)(CCCC)Oc1ccc(C(C)C)cc1. The van der Waals surface area contributed by atoms with E-state index in [2.05, 4.69) is 39.8 Å². The molecule has 0 saturated heterocycles. The van der Waals surface area contributed by atoms with Crippen LogP contribution >= 0.6 is 7.60 Å². The van der Waals surface area contributed by atoms with Crippen molar-refractivity contribution in [2.24, 2.45) is 0 Å². The van der Waals surface area contributed by atoms with Crippen LogP contribution in [0.15, 0.2) is 24.3 Å². The normalized spacial score (nSPS) is 13.5. The van der Waals surface area contributed by atoms with Crippen LogP contribution in [0.1, 0.15) is 129 Å². The highest BCUT2D eigenvalue weighted by molar-refractivity contribution is 7.54. The molecule has 0 radical (unpaired) electrons. The van der Waals surface area contributed by atoms with E-state index in [0.717, 1.165) is 25.7 Å². The first-order chi connectivity index (χ1) is 15.0. The Morgan fingerprint density at radius 1 is 0.710 bits per heavy atom. The number of hydrogen-bond acceptors (Lipinski definition) is 3. The van der Waals surface area contributed by atoms with Crippen molar-refractivity contribution in [2.75, 3.05) is 12.8 Å². The molecule has 180 valence electrons. The Hall–Kier alpha value is -0.790. The maximum Gasteiger partial charge on any atom is 0.379 e. The fourth-order valence-electron chi connectivity index (χ4n) is 3.71. The van der Waals surface area contributed by atoms with Crippen molar-refractivity contribution in [3.05, 3.63) is 29.8 Å². The minimum Gasteiger partial charge on any atom is -0.424 e. The van der Waals surface area contributed by atoms with E-state index >= 15 is 0 Å². The van der Waals surface area contributed by atoms with Crippen molar-refractivity contribution in [2.45, 2.75) is 124 Å². The van der Waals surface area contributed by atoms with Gasteiger partial charge >= 0.3 is 7.60 Å². The van der Waals surface area contributed by atoms with Crippen molar-refractivity contribution in [1.29, 1.82) is 0 Å². The summed E-state index contributed by atoms with van der Waals surface area (Å²) >= 11 is 0. The monoisotopic (exact) mass is 452 g/mol. The lowest BCUT2D eigenvalue weighted by molar-refractivity contribution is 0.257. The molecule has 4 heteroatoms. The van der Waals surface area contributed by atoms with Gasteiger partial charge in [-0.2, -0.15) is 0 Å². The smallest absolute Gasteiger partial charge is 0.379 e. The highest BCUT2D eigenvalue weighted by Gasteiger charge is 2.25. The van der Waals surface area contributed by atoms with E-state index in [-0.39, 0.29) is 0 Å². The zero-order valence-electron chi connectivity index (χ0n) is 20.9. The summed E-state index contributed by atoms with van der Waals surface area (Å²) in [6, 6.07) is 7.94. The van der Waals surface area contributed by atoms with Gasteiger partial charge in [-0.05, 0) is 36.5 Å². The zero-order valence-corrected chi connectivity index (χ0v) is 21.8. The molecule has 0 spiro atoms. The van der Waals surface area contributed by atoms with E-state index in [4.69, 9.17) is 9.05 Å². The molecule has 0 aromatic heterocycles. The lowest BCUT2D eigenvalue weighted by Crippen LogP contribution is -2.04. The Labute approximate surface area is 193 Å². The molecule has 1 atom stereocenters. The van der Waals surface area contributed by atoms with Crippen LogP contribution in [0.3, 0.4) is 0 Å². The summed E-state index contributed by atoms with van der Waals surface area (Å²) < 4.78 is 24.9. The van der Waals surface area contributed by atoms with Gasteiger partial charge in [0.05, 0.1) is 12.8 Å². The molecular formula is C27H49O3P. The van der Waals surface area contributed by atoms with Gasteiger partial charge in [-0.3, -0.25) is 4.52 Å². The second kappa shape index (κ2) is 17.7. The predicted octanol–water partition coefficient (Wildman–Crippen LogP) is 9.90. The Bertz CT molecular complexity index is 583. The summed E-state index contributed by atoms with van der Waals surface area (Å²) in [5.41, 5.74) is 1.26. The maximum absolute atomic E-state index is 13.2. The number of rotatable bonds is 20. The highest BCUT2D eigenvalue weighted by Crippen LogP contribution is 2.49. The first-order valence-electron chi connectivity index (χ1n) is 13.0. The largest absolute Gasteiger partial charge is 0.424 e. The van der Waals surface area contributed by atoms with Crippen LogP contribution in [0.5, 0.6) is 5.75 Å². The van der Waals surface area contributed by atoms with Crippen LogP contribution in [-0.2, 0) is 9.09 Å². The first kappa shape index (κ1) is 28.2. The quantitative estimate of drug-likeness (QED) is 0.146. The summed E-state index contributed by atoms with van der Waals surface area (Å²) in [5, 5.41) is 0. The minimum atomic E-state index is -3.08. The molecule has 0 aliphatic carbocycles. The third-order valence-corrected chi connectivity index (χ3v) is 7.79. The van der Waals surface area contributed by atoms with Crippen LogP contribution in [0.25, 0.3) is 0 Å². The molecule has 1 aromatic rings. The second-order valence-corrected chi connectivity index (χ2v) is 11.3. The Morgan fingerprint density at radius 2 is 1.19 bits per heavy atom.